The molecule has 0 aliphatic rings. The van der Waals surface area contributed by atoms with Crippen LogP contribution in [-0.4, -0.2) is 47.2 Å². The Balaban J connectivity index is 1.93. The van der Waals surface area contributed by atoms with Gasteiger partial charge in [0.1, 0.15) is 11.5 Å². The first-order valence-corrected chi connectivity index (χ1v) is 9.09. The zero-order valence-electron chi connectivity index (χ0n) is 16.3. The van der Waals surface area contributed by atoms with Gasteiger partial charge in [0.25, 0.3) is 11.8 Å². The number of rotatable bonds is 8. The number of nitrogens with one attached hydrogen (secondary N) is 1. The zero-order chi connectivity index (χ0) is 20.5. The molecule has 2 amide bonds. The van der Waals surface area contributed by atoms with E-state index in [0.717, 1.165) is 5.56 Å². The quantitative estimate of drug-likeness (QED) is 0.542. The van der Waals surface area contributed by atoms with Crippen molar-refractivity contribution in [1.82, 2.24) is 10.3 Å². The number of nitrogens with zero attached hydrogens (tertiary/aromatic N) is 2. The van der Waals surface area contributed by atoms with Crippen LogP contribution in [0.4, 0.5) is 0 Å². The Bertz CT molecular complexity index is 843. The molecule has 0 saturated carbocycles. The number of phenols is 1. The molecule has 7 nitrogen and oxygen atoms in total. The molecule has 2 N–H and O–H groups in total. The molecule has 0 heterocycles. The lowest BCUT2D eigenvalue weighted by Crippen LogP contribution is -2.34. The summed E-state index contributed by atoms with van der Waals surface area (Å²) in [7, 11) is 0. The number of amides is 2. The second kappa shape index (κ2) is 10.1. The van der Waals surface area contributed by atoms with E-state index in [1.165, 1.54) is 12.1 Å². The van der Waals surface area contributed by atoms with Crippen LogP contribution < -0.4 is 10.2 Å². The van der Waals surface area contributed by atoms with E-state index in [-0.39, 0.29) is 18.3 Å². The molecule has 2 aromatic rings. The van der Waals surface area contributed by atoms with Gasteiger partial charge in [-0.1, -0.05) is 6.07 Å². The van der Waals surface area contributed by atoms with Gasteiger partial charge in [-0.05, 0) is 68.8 Å². The first-order valence-electron chi connectivity index (χ1n) is 9.09. The van der Waals surface area contributed by atoms with Gasteiger partial charge in [0.2, 0.25) is 0 Å². The van der Waals surface area contributed by atoms with E-state index in [1.54, 1.807) is 48.2 Å². The molecule has 0 radical (unpaired) electrons. The Morgan fingerprint density at radius 2 is 1.75 bits per heavy atom. The summed E-state index contributed by atoms with van der Waals surface area (Å²) >= 11 is 0. The summed E-state index contributed by atoms with van der Waals surface area (Å²) in [4.78, 5) is 25.7. The monoisotopic (exact) mass is 383 g/mol. The molecule has 148 valence electrons. The average Bonchev–Trinajstić information content (AvgIpc) is 2.71. The third-order valence-corrected chi connectivity index (χ3v) is 4.18. The molecule has 0 bridgehead atoms. The van der Waals surface area contributed by atoms with Gasteiger partial charge in [-0.2, -0.15) is 5.10 Å². The highest BCUT2D eigenvalue weighted by atomic mass is 16.5. The van der Waals surface area contributed by atoms with Crippen LogP contribution >= 0.6 is 0 Å². The smallest absolute Gasteiger partial charge is 0.271 e. The number of ether oxygens (including phenoxy) is 1. The topological polar surface area (TPSA) is 91.2 Å². The van der Waals surface area contributed by atoms with Crippen LogP contribution in [-0.2, 0) is 4.79 Å². The normalized spacial score (nSPS) is 11.0. The van der Waals surface area contributed by atoms with Gasteiger partial charge in [-0.25, -0.2) is 5.43 Å². The van der Waals surface area contributed by atoms with Crippen LogP contribution in [0.25, 0.3) is 0 Å². The first kappa shape index (κ1) is 21.0. The Kier molecular flexibility index (Phi) is 7.56. The van der Waals surface area contributed by atoms with Crippen LogP contribution in [0.2, 0.25) is 0 Å². The number of carbonyl (C=O) groups excluding carboxylic acids is 2. The van der Waals surface area contributed by atoms with Gasteiger partial charge in [-0.3, -0.25) is 9.59 Å². The van der Waals surface area contributed by atoms with Crippen LogP contribution in [0.1, 0.15) is 36.7 Å². The largest absolute Gasteiger partial charge is 0.508 e. The molecule has 0 fully saturated rings. The first-order chi connectivity index (χ1) is 13.4. The minimum Gasteiger partial charge on any atom is -0.508 e. The Labute approximate surface area is 164 Å². The standard InChI is InChI=1S/C21H25N3O4/c1-4-24(5-2)20(26)14-28-19-11-9-16(10-12-19)15(3)22-23-21(27)17-7-6-8-18(25)13-17/h6-13,25H,4-5,14H2,1-3H3,(H,23,27)/b22-15-. The number of aromatic hydroxyl groups is 1. The van der Waals surface area contributed by atoms with Gasteiger partial charge in [-0.15, -0.1) is 0 Å². The van der Waals surface area contributed by atoms with E-state index in [1.807, 2.05) is 13.8 Å². The highest BCUT2D eigenvalue weighted by Gasteiger charge is 2.10. The van der Waals surface area contributed by atoms with Crippen molar-refractivity contribution in [3.8, 4) is 11.5 Å². The summed E-state index contributed by atoms with van der Waals surface area (Å²) in [6, 6.07) is 13.1. The summed E-state index contributed by atoms with van der Waals surface area (Å²) in [6.45, 7) is 6.93. The van der Waals surface area contributed by atoms with Crippen molar-refractivity contribution in [2.45, 2.75) is 20.8 Å². The Hall–Kier alpha value is -3.35. The minimum absolute atomic E-state index is 0.00588. The molecule has 0 aliphatic heterocycles. The maximum absolute atomic E-state index is 12.1. The number of hydrogen-bond acceptors (Lipinski definition) is 5. The summed E-state index contributed by atoms with van der Waals surface area (Å²) in [5.41, 5.74) is 4.19. The van der Waals surface area contributed by atoms with Gasteiger partial charge in [0.15, 0.2) is 6.61 Å². The average molecular weight is 383 g/mol. The van der Waals surface area contributed by atoms with Crippen molar-refractivity contribution in [3.05, 3.63) is 59.7 Å². The van der Waals surface area contributed by atoms with E-state index in [0.29, 0.717) is 30.1 Å². The van der Waals surface area contributed by atoms with E-state index in [2.05, 4.69) is 10.5 Å². The van der Waals surface area contributed by atoms with Crippen molar-refractivity contribution >= 4 is 17.5 Å². The summed E-state index contributed by atoms with van der Waals surface area (Å²) in [5, 5.41) is 13.5. The molecule has 0 unspecified atom stereocenters. The van der Waals surface area contributed by atoms with Crippen molar-refractivity contribution in [1.29, 1.82) is 0 Å². The van der Waals surface area contributed by atoms with Gasteiger partial charge in [0.05, 0.1) is 5.71 Å². The fourth-order valence-corrected chi connectivity index (χ4v) is 2.52. The number of phenolic OH excluding ortho intramolecular Hbond substituents is 1. The van der Waals surface area contributed by atoms with Crippen LogP contribution in [0.3, 0.4) is 0 Å². The van der Waals surface area contributed by atoms with Gasteiger partial charge in [0, 0.05) is 18.7 Å². The number of likely N-dealkylation sites (N-methyl/N-ethyl adjacent to an activating group) is 1. The molecular weight excluding hydrogens is 358 g/mol. The lowest BCUT2D eigenvalue weighted by Gasteiger charge is -2.18. The summed E-state index contributed by atoms with van der Waals surface area (Å²) < 4.78 is 5.53. The molecule has 2 aromatic carbocycles. The molecule has 0 atom stereocenters. The Morgan fingerprint density at radius 1 is 1.07 bits per heavy atom. The molecular formula is C21H25N3O4. The molecule has 0 spiro atoms. The highest BCUT2D eigenvalue weighted by Crippen LogP contribution is 2.14. The third-order valence-electron chi connectivity index (χ3n) is 4.18. The molecule has 0 saturated heterocycles. The highest BCUT2D eigenvalue weighted by molar-refractivity contribution is 6.01. The summed E-state index contributed by atoms with van der Waals surface area (Å²) in [6.07, 6.45) is 0. The predicted octanol–water partition coefficient (Wildman–Crippen LogP) is 2.79. The minimum atomic E-state index is -0.412. The Morgan fingerprint density at radius 3 is 2.36 bits per heavy atom. The fourth-order valence-electron chi connectivity index (χ4n) is 2.52. The second-order valence-electron chi connectivity index (χ2n) is 6.07. The van der Waals surface area contributed by atoms with Crippen molar-refractivity contribution in [3.63, 3.8) is 0 Å². The van der Waals surface area contributed by atoms with Gasteiger partial charge >= 0.3 is 0 Å². The lowest BCUT2D eigenvalue weighted by atomic mass is 10.1. The maximum Gasteiger partial charge on any atom is 0.271 e. The van der Waals surface area contributed by atoms with Crippen molar-refractivity contribution in [2.75, 3.05) is 19.7 Å². The zero-order valence-corrected chi connectivity index (χ0v) is 16.3. The predicted molar refractivity (Wildman–Crippen MR) is 108 cm³/mol. The van der Waals surface area contributed by atoms with E-state index in [4.69, 9.17) is 4.74 Å². The van der Waals surface area contributed by atoms with Crippen LogP contribution in [0.15, 0.2) is 53.6 Å². The molecule has 0 aliphatic carbocycles. The second-order valence-corrected chi connectivity index (χ2v) is 6.07. The van der Waals surface area contributed by atoms with Gasteiger partial charge < -0.3 is 14.7 Å². The number of benzene rings is 2. The fraction of sp³-hybridized carbons (Fsp3) is 0.286. The lowest BCUT2D eigenvalue weighted by molar-refractivity contribution is -0.132. The SMILES string of the molecule is CCN(CC)C(=O)COc1ccc(/C(C)=N\NC(=O)c2cccc(O)c2)cc1. The molecule has 7 heteroatoms. The van der Waals surface area contributed by atoms with E-state index in [9.17, 15) is 14.7 Å². The van der Waals surface area contributed by atoms with Crippen molar-refractivity contribution < 1.29 is 19.4 Å². The molecule has 2 rings (SSSR count). The number of hydrazone groups is 1. The maximum atomic E-state index is 12.1. The third kappa shape index (κ3) is 5.84. The number of hydrogen-bond donors (Lipinski definition) is 2. The molecule has 0 aromatic heterocycles. The number of carbonyl (C=O) groups is 2. The van der Waals surface area contributed by atoms with E-state index < -0.39 is 5.91 Å². The van der Waals surface area contributed by atoms with Crippen LogP contribution in [0.5, 0.6) is 11.5 Å². The van der Waals surface area contributed by atoms with Crippen molar-refractivity contribution in [2.24, 2.45) is 5.10 Å². The van der Waals surface area contributed by atoms with Crippen LogP contribution in [0, 0.1) is 0 Å². The van der Waals surface area contributed by atoms with E-state index >= 15 is 0 Å². The summed E-state index contributed by atoms with van der Waals surface area (Å²) in [5.74, 6) is 0.135. The molecule has 28 heavy (non-hydrogen) atoms.